The van der Waals surface area contributed by atoms with Crippen molar-refractivity contribution in [2.45, 2.75) is 79.8 Å². The van der Waals surface area contributed by atoms with Crippen LogP contribution in [0.1, 0.15) is 63.8 Å². The van der Waals surface area contributed by atoms with Crippen LogP contribution in [0.25, 0.3) is 11.1 Å². The van der Waals surface area contributed by atoms with Crippen molar-refractivity contribution in [2.75, 3.05) is 13.2 Å². The van der Waals surface area contributed by atoms with E-state index in [1.54, 1.807) is 0 Å². The monoisotopic (exact) mass is 550 g/mol. The Labute approximate surface area is 247 Å². The van der Waals surface area contributed by atoms with Crippen LogP contribution in [0.3, 0.4) is 0 Å². The molecule has 2 fully saturated rings. The fourth-order valence-electron chi connectivity index (χ4n) is 7.72. The molecule has 6 rings (SSSR count). The van der Waals surface area contributed by atoms with Gasteiger partial charge in [0.1, 0.15) is 12.2 Å². The number of allylic oxidation sites excluding steroid dienone is 6. The lowest BCUT2D eigenvalue weighted by atomic mass is 9.64. The second-order valence-corrected chi connectivity index (χ2v) is 14.1. The topological polar surface area (TPSA) is 34.3 Å². The number of aryl methyl sites for hydroxylation is 2. The molecule has 2 aliphatic heterocycles. The Bertz CT molecular complexity index is 1330. The summed E-state index contributed by atoms with van der Waals surface area (Å²) in [4.78, 5) is 0. The molecule has 3 nitrogen and oxygen atoms in total. The van der Waals surface area contributed by atoms with Crippen molar-refractivity contribution in [3.05, 3.63) is 106 Å². The summed E-state index contributed by atoms with van der Waals surface area (Å²) in [7, 11) is 0. The van der Waals surface area contributed by atoms with E-state index in [0.29, 0.717) is 0 Å². The Kier molecular flexibility index (Phi) is 7.29. The van der Waals surface area contributed by atoms with Gasteiger partial charge in [0, 0.05) is 11.8 Å². The standard InChI is InChI=1S/C38H46O3/c1-23-11-9-13-27(15-23)29-17-25(3)19-37(5,6)33(29)35(31-21-39-31)41-36(32-22-40-32)34-30(18-26(4)20-38(34,7)8)28-14-10-12-24(2)16-28/h9-20,31-36H,21-22H2,1-8H3. The number of epoxide rings is 2. The highest BCUT2D eigenvalue weighted by atomic mass is 16.6. The van der Waals surface area contributed by atoms with Crippen LogP contribution in [-0.4, -0.2) is 37.6 Å². The molecule has 2 saturated heterocycles. The van der Waals surface area contributed by atoms with Crippen LogP contribution in [-0.2, 0) is 14.2 Å². The SMILES string of the molecule is CC1=CC(C)(C)C(C(OC(C2CO2)C2C(c3cccc(C)c3)=CC(C)=CC2(C)C)C2CO2)C(c2cccc(C)c2)=C1. The van der Waals surface area contributed by atoms with Gasteiger partial charge in [0.25, 0.3) is 0 Å². The van der Waals surface area contributed by atoms with Crippen molar-refractivity contribution < 1.29 is 14.2 Å². The molecular weight excluding hydrogens is 504 g/mol. The van der Waals surface area contributed by atoms with Gasteiger partial charge in [-0.1, -0.05) is 123 Å². The molecular formula is C38H46O3. The zero-order valence-corrected chi connectivity index (χ0v) is 26.0. The minimum atomic E-state index is -0.0999. The van der Waals surface area contributed by atoms with Crippen LogP contribution in [0.4, 0.5) is 0 Å². The number of hydrogen-bond donors (Lipinski definition) is 0. The summed E-state index contributed by atoms with van der Waals surface area (Å²) >= 11 is 0. The normalized spacial score (nSPS) is 29.5. The van der Waals surface area contributed by atoms with Gasteiger partial charge in [-0.25, -0.2) is 0 Å². The molecule has 0 bridgehead atoms. The first-order valence-corrected chi connectivity index (χ1v) is 15.3. The molecule has 2 aromatic rings. The van der Waals surface area contributed by atoms with Gasteiger partial charge in [-0.3, -0.25) is 0 Å². The molecule has 3 heteroatoms. The maximum absolute atomic E-state index is 7.49. The van der Waals surface area contributed by atoms with Crippen LogP contribution in [0.2, 0.25) is 0 Å². The van der Waals surface area contributed by atoms with Gasteiger partial charge in [0.2, 0.25) is 0 Å². The summed E-state index contributed by atoms with van der Waals surface area (Å²) in [6.45, 7) is 19.7. The fourth-order valence-corrected chi connectivity index (χ4v) is 7.72. The molecule has 0 N–H and O–H groups in total. The molecule has 2 aliphatic carbocycles. The molecule has 6 unspecified atom stereocenters. The predicted molar refractivity (Wildman–Crippen MR) is 169 cm³/mol. The average molecular weight is 551 g/mol. The maximum Gasteiger partial charge on any atom is 0.108 e. The third kappa shape index (κ3) is 5.82. The molecule has 0 radical (unpaired) electrons. The van der Waals surface area contributed by atoms with Crippen molar-refractivity contribution in [1.29, 1.82) is 0 Å². The number of ether oxygens (including phenoxy) is 3. The summed E-state index contributed by atoms with van der Waals surface area (Å²) < 4.78 is 19.7. The molecule has 41 heavy (non-hydrogen) atoms. The average Bonchev–Trinajstić information content (AvgIpc) is 3.78. The molecule has 0 aromatic heterocycles. The van der Waals surface area contributed by atoms with E-state index in [4.69, 9.17) is 14.2 Å². The Hall–Kier alpha value is -2.72. The summed E-state index contributed by atoms with van der Waals surface area (Å²) in [6.07, 6.45) is 9.59. The Balaban J connectivity index is 1.43. The fraction of sp³-hybridized carbons (Fsp3) is 0.474. The van der Waals surface area contributed by atoms with Gasteiger partial charge in [-0.05, 0) is 60.8 Å². The summed E-state index contributed by atoms with van der Waals surface area (Å²) in [5.41, 5.74) is 10.2. The van der Waals surface area contributed by atoms with E-state index < -0.39 is 0 Å². The van der Waals surface area contributed by atoms with Crippen LogP contribution >= 0.6 is 0 Å². The highest BCUT2D eigenvalue weighted by Gasteiger charge is 2.53. The van der Waals surface area contributed by atoms with Crippen LogP contribution in [0.15, 0.2) is 84.0 Å². The van der Waals surface area contributed by atoms with E-state index in [1.165, 1.54) is 44.5 Å². The number of hydrogen-bond acceptors (Lipinski definition) is 3. The van der Waals surface area contributed by atoms with E-state index in [-0.39, 0.29) is 47.1 Å². The zero-order chi connectivity index (χ0) is 29.1. The lowest BCUT2D eigenvalue weighted by Gasteiger charge is -2.46. The first-order chi connectivity index (χ1) is 19.4. The number of rotatable bonds is 8. The minimum absolute atomic E-state index is 0.0796. The Morgan fingerprint density at radius 2 is 1.05 bits per heavy atom. The Morgan fingerprint density at radius 3 is 1.39 bits per heavy atom. The Morgan fingerprint density at radius 1 is 0.659 bits per heavy atom. The van der Waals surface area contributed by atoms with E-state index in [9.17, 15) is 0 Å². The molecule has 0 amide bonds. The van der Waals surface area contributed by atoms with Crippen molar-refractivity contribution in [1.82, 2.24) is 0 Å². The van der Waals surface area contributed by atoms with Crippen LogP contribution in [0.5, 0.6) is 0 Å². The highest BCUT2D eigenvalue weighted by Crippen LogP contribution is 2.53. The minimum Gasteiger partial charge on any atom is -0.370 e. The molecule has 0 spiro atoms. The summed E-state index contributed by atoms with van der Waals surface area (Å²) in [5.74, 6) is 0.300. The number of benzene rings is 2. The van der Waals surface area contributed by atoms with E-state index in [1.807, 2.05) is 0 Å². The van der Waals surface area contributed by atoms with Gasteiger partial charge in [-0.2, -0.15) is 0 Å². The van der Waals surface area contributed by atoms with E-state index in [2.05, 4.69) is 128 Å². The lowest BCUT2D eigenvalue weighted by Crippen LogP contribution is -2.48. The smallest absolute Gasteiger partial charge is 0.108 e. The first-order valence-electron chi connectivity index (χ1n) is 15.3. The van der Waals surface area contributed by atoms with Crippen molar-refractivity contribution in [3.8, 4) is 0 Å². The maximum atomic E-state index is 7.49. The third-order valence-corrected chi connectivity index (χ3v) is 9.36. The van der Waals surface area contributed by atoms with Crippen LogP contribution < -0.4 is 0 Å². The van der Waals surface area contributed by atoms with Gasteiger partial charge >= 0.3 is 0 Å². The van der Waals surface area contributed by atoms with Crippen molar-refractivity contribution in [3.63, 3.8) is 0 Å². The highest BCUT2D eigenvalue weighted by molar-refractivity contribution is 5.75. The predicted octanol–water partition coefficient (Wildman–Crippen LogP) is 8.53. The van der Waals surface area contributed by atoms with Crippen LogP contribution in [0, 0.1) is 36.5 Å². The quantitative estimate of drug-likeness (QED) is 0.309. The summed E-state index contributed by atoms with van der Waals surface area (Å²) in [6, 6.07) is 17.8. The van der Waals surface area contributed by atoms with Gasteiger partial charge in [0.15, 0.2) is 0 Å². The second kappa shape index (κ2) is 10.5. The molecule has 4 aliphatic rings. The second-order valence-electron chi connectivity index (χ2n) is 14.1. The van der Waals surface area contributed by atoms with Gasteiger partial charge in [0.05, 0.1) is 25.4 Å². The molecule has 2 aromatic carbocycles. The first kappa shape index (κ1) is 28.4. The summed E-state index contributed by atoms with van der Waals surface area (Å²) in [5, 5.41) is 0. The lowest BCUT2D eigenvalue weighted by molar-refractivity contribution is -0.0959. The molecule has 2 heterocycles. The van der Waals surface area contributed by atoms with E-state index in [0.717, 1.165) is 13.2 Å². The van der Waals surface area contributed by atoms with Crippen molar-refractivity contribution in [2.24, 2.45) is 22.7 Å². The van der Waals surface area contributed by atoms with Crippen molar-refractivity contribution >= 4 is 11.1 Å². The zero-order valence-electron chi connectivity index (χ0n) is 26.0. The largest absolute Gasteiger partial charge is 0.370 e. The molecule has 0 saturated carbocycles. The van der Waals surface area contributed by atoms with Gasteiger partial charge < -0.3 is 14.2 Å². The third-order valence-electron chi connectivity index (χ3n) is 9.36. The van der Waals surface area contributed by atoms with E-state index >= 15 is 0 Å². The molecule has 6 atom stereocenters. The molecule has 216 valence electrons. The van der Waals surface area contributed by atoms with Gasteiger partial charge in [-0.15, -0.1) is 0 Å².